The van der Waals surface area contributed by atoms with Crippen LogP contribution in [0.1, 0.15) is 26.7 Å². The lowest BCUT2D eigenvalue weighted by atomic mass is 10.1. The molecule has 0 aromatic heterocycles. The Morgan fingerprint density at radius 1 is 1.61 bits per heavy atom. The van der Waals surface area contributed by atoms with E-state index in [1.807, 2.05) is 6.92 Å². The molecule has 3 unspecified atom stereocenters. The number of hydrogen-bond donors (Lipinski definition) is 1. The van der Waals surface area contributed by atoms with Gasteiger partial charge in [0.1, 0.15) is 6.04 Å². The van der Waals surface area contributed by atoms with E-state index in [1.54, 1.807) is 0 Å². The normalized spacial score (nSPS) is 25.4. The lowest BCUT2D eigenvalue weighted by molar-refractivity contribution is -0.143. The highest BCUT2D eigenvalue weighted by Crippen LogP contribution is 2.18. The Labute approximate surface area is 110 Å². The van der Waals surface area contributed by atoms with Gasteiger partial charge in [-0.25, -0.2) is 0 Å². The third-order valence-corrected chi connectivity index (χ3v) is 3.61. The van der Waals surface area contributed by atoms with Gasteiger partial charge in [0.2, 0.25) is 0 Å². The molecule has 106 valence electrons. The van der Waals surface area contributed by atoms with Crippen LogP contribution < -0.4 is 5.32 Å². The molecule has 18 heavy (non-hydrogen) atoms. The molecule has 0 amide bonds. The Hall–Kier alpha value is -0.650. The van der Waals surface area contributed by atoms with Crippen LogP contribution in [0.25, 0.3) is 0 Å². The van der Waals surface area contributed by atoms with Gasteiger partial charge in [-0.15, -0.1) is 0 Å². The predicted molar refractivity (Wildman–Crippen MR) is 70.5 cm³/mol. The fraction of sp³-hybridized carbons (Fsp3) is 0.923. The van der Waals surface area contributed by atoms with E-state index >= 15 is 0 Å². The lowest BCUT2D eigenvalue weighted by Gasteiger charge is -2.28. The summed E-state index contributed by atoms with van der Waals surface area (Å²) in [6.07, 6.45) is 2.12. The minimum Gasteiger partial charge on any atom is -0.468 e. The molecule has 1 heterocycles. The zero-order valence-corrected chi connectivity index (χ0v) is 11.9. The highest BCUT2D eigenvalue weighted by molar-refractivity contribution is 5.75. The maximum absolute atomic E-state index is 11.6. The standard InChI is InChI=1S/C13H26N2O3/c1-5-14-11(13(16)17-4)6-8-15(3)12-7-9-18-10(12)2/h10-12,14H,5-9H2,1-4H3. The summed E-state index contributed by atoms with van der Waals surface area (Å²) in [5.41, 5.74) is 0. The topological polar surface area (TPSA) is 50.8 Å². The third kappa shape index (κ3) is 4.23. The summed E-state index contributed by atoms with van der Waals surface area (Å²) in [6, 6.07) is 0.255. The quantitative estimate of drug-likeness (QED) is 0.679. The van der Waals surface area contributed by atoms with E-state index in [2.05, 4.69) is 24.2 Å². The van der Waals surface area contributed by atoms with Crippen LogP contribution in [0.5, 0.6) is 0 Å². The number of carbonyl (C=O) groups is 1. The van der Waals surface area contributed by atoms with Crippen molar-refractivity contribution >= 4 is 5.97 Å². The van der Waals surface area contributed by atoms with Crippen LogP contribution in [0.15, 0.2) is 0 Å². The molecule has 0 aromatic carbocycles. The zero-order valence-electron chi connectivity index (χ0n) is 11.9. The van der Waals surface area contributed by atoms with Gasteiger partial charge in [-0.1, -0.05) is 6.92 Å². The molecule has 5 nitrogen and oxygen atoms in total. The molecule has 0 aliphatic carbocycles. The van der Waals surface area contributed by atoms with E-state index in [9.17, 15) is 4.79 Å². The first kappa shape index (κ1) is 15.4. The Morgan fingerprint density at radius 2 is 2.33 bits per heavy atom. The number of likely N-dealkylation sites (N-methyl/N-ethyl adjacent to an activating group) is 2. The Bertz CT molecular complexity index is 261. The van der Waals surface area contributed by atoms with Crippen LogP contribution in [0.4, 0.5) is 0 Å². The maximum atomic E-state index is 11.6. The van der Waals surface area contributed by atoms with Crippen molar-refractivity contribution in [3.05, 3.63) is 0 Å². The summed E-state index contributed by atoms with van der Waals surface area (Å²) in [5.74, 6) is -0.180. The minimum atomic E-state index is -0.208. The van der Waals surface area contributed by atoms with Crippen LogP contribution in [0.3, 0.4) is 0 Å². The molecule has 0 radical (unpaired) electrons. The van der Waals surface area contributed by atoms with Gasteiger partial charge in [0.15, 0.2) is 0 Å². The highest BCUT2D eigenvalue weighted by Gasteiger charge is 2.28. The molecule has 0 spiro atoms. The van der Waals surface area contributed by atoms with Gasteiger partial charge in [-0.2, -0.15) is 0 Å². The molecule has 1 N–H and O–H groups in total. The van der Waals surface area contributed by atoms with Crippen molar-refractivity contribution in [2.45, 2.75) is 44.9 Å². The molecule has 1 rings (SSSR count). The monoisotopic (exact) mass is 258 g/mol. The van der Waals surface area contributed by atoms with Crippen LogP contribution in [-0.2, 0) is 14.3 Å². The summed E-state index contributed by atoms with van der Waals surface area (Å²) in [7, 11) is 3.53. The van der Waals surface area contributed by atoms with Crippen LogP contribution >= 0.6 is 0 Å². The number of methoxy groups -OCH3 is 1. The second-order valence-electron chi connectivity index (χ2n) is 4.83. The van der Waals surface area contributed by atoms with E-state index in [0.29, 0.717) is 6.04 Å². The molecule has 0 aromatic rings. The van der Waals surface area contributed by atoms with Crippen molar-refractivity contribution in [1.82, 2.24) is 10.2 Å². The third-order valence-electron chi connectivity index (χ3n) is 3.61. The van der Waals surface area contributed by atoms with Crippen molar-refractivity contribution < 1.29 is 14.3 Å². The van der Waals surface area contributed by atoms with E-state index in [4.69, 9.17) is 9.47 Å². The first-order valence-corrected chi connectivity index (χ1v) is 6.73. The van der Waals surface area contributed by atoms with Gasteiger partial charge < -0.3 is 19.7 Å². The number of rotatable bonds is 7. The van der Waals surface area contributed by atoms with Gasteiger partial charge in [0, 0.05) is 19.2 Å². The molecule has 0 saturated carbocycles. The minimum absolute atomic E-state index is 0.180. The highest BCUT2D eigenvalue weighted by atomic mass is 16.5. The summed E-state index contributed by atoms with van der Waals surface area (Å²) >= 11 is 0. The van der Waals surface area contributed by atoms with Crippen LogP contribution in [0, 0.1) is 0 Å². The molecule has 1 aliphatic rings. The average molecular weight is 258 g/mol. The summed E-state index contributed by atoms with van der Waals surface area (Å²) in [5, 5.41) is 3.16. The molecule has 3 atom stereocenters. The molecule has 0 bridgehead atoms. The Kier molecular flexibility index (Phi) is 6.60. The number of nitrogens with zero attached hydrogens (tertiary/aromatic N) is 1. The summed E-state index contributed by atoms with van der Waals surface area (Å²) < 4.78 is 10.4. The van der Waals surface area contributed by atoms with Crippen molar-refractivity contribution in [3.63, 3.8) is 0 Å². The number of hydrogen-bond acceptors (Lipinski definition) is 5. The smallest absolute Gasteiger partial charge is 0.322 e. The number of nitrogens with one attached hydrogen (secondary N) is 1. The van der Waals surface area contributed by atoms with E-state index in [-0.39, 0.29) is 18.1 Å². The van der Waals surface area contributed by atoms with Gasteiger partial charge in [0.05, 0.1) is 13.2 Å². The van der Waals surface area contributed by atoms with Crippen molar-refractivity contribution in [1.29, 1.82) is 0 Å². The SMILES string of the molecule is CCNC(CCN(C)C1CCOC1C)C(=O)OC. The maximum Gasteiger partial charge on any atom is 0.322 e. The fourth-order valence-corrected chi connectivity index (χ4v) is 2.49. The lowest BCUT2D eigenvalue weighted by Crippen LogP contribution is -2.43. The Morgan fingerprint density at radius 3 is 2.83 bits per heavy atom. The molecule has 1 fully saturated rings. The van der Waals surface area contributed by atoms with E-state index in [0.717, 1.165) is 32.5 Å². The predicted octanol–water partition coefficient (Wildman–Crippen LogP) is 0.637. The van der Waals surface area contributed by atoms with Gasteiger partial charge in [0.25, 0.3) is 0 Å². The zero-order chi connectivity index (χ0) is 13.5. The summed E-state index contributed by atoms with van der Waals surface area (Å²) in [4.78, 5) is 13.9. The van der Waals surface area contributed by atoms with Gasteiger partial charge >= 0.3 is 5.97 Å². The first-order valence-electron chi connectivity index (χ1n) is 6.73. The summed E-state index contributed by atoms with van der Waals surface area (Å²) in [6.45, 7) is 6.57. The van der Waals surface area contributed by atoms with Gasteiger partial charge in [-0.3, -0.25) is 4.79 Å². The first-order chi connectivity index (χ1) is 8.60. The largest absolute Gasteiger partial charge is 0.468 e. The molecular formula is C13H26N2O3. The number of esters is 1. The van der Waals surface area contributed by atoms with Gasteiger partial charge in [-0.05, 0) is 33.4 Å². The average Bonchev–Trinajstić information content (AvgIpc) is 2.79. The van der Waals surface area contributed by atoms with Crippen LogP contribution in [0.2, 0.25) is 0 Å². The molecule has 1 saturated heterocycles. The van der Waals surface area contributed by atoms with Crippen molar-refractivity contribution in [2.75, 3.05) is 33.9 Å². The molecule has 5 heteroatoms. The fourth-order valence-electron chi connectivity index (χ4n) is 2.49. The van der Waals surface area contributed by atoms with E-state index in [1.165, 1.54) is 7.11 Å². The van der Waals surface area contributed by atoms with Crippen molar-refractivity contribution in [3.8, 4) is 0 Å². The number of ether oxygens (including phenoxy) is 2. The number of carbonyl (C=O) groups excluding carboxylic acids is 1. The van der Waals surface area contributed by atoms with Crippen molar-refractivity contribution in [2.24, 2.45) is 0 Å². The second kappa shape index (κ2) is 7.71. The molecular weight excluding hydrogens is 232 g/mol. The van der Waals surface area contributed by atoms with E-state index < -0.39 is 0 Å². The molecule has 1 aliphatic heterocycles. The Balaban J connectivity index is 2.38. The second-order valence-corrected chi connectivity index (χ2v) is 4.83. The van der Waals surface area contributed by atoms with Crippen LogP contribution in [-0.4, -0.2) is 62.9 Å².